The van der Waals surface area contributed by atoms with Gasteiger partial charge in [-0.05, 0) is 51.6 Å². The summed E-state index contributed by atoms with van der Waals surface area (Å²) >= 11 is 7.94. The minimum absolute atomic E-state index is 0.00402. The van der Waals surface area contributed by atoms with Crippen molar-refractivity contribution in [2.45, 2.75) is 25.8 Å². The lowest BCUT2D eigenvalue weighted by Gasteiger charge is -2.30. The second-order valence-electron chi connectivity index (χ2n) is 12.4. The molecule has 242 valence electrons. The van der Waals surface area contributed by atoms with E-state index in [0.717, 1.165) is 36.3 Å². The fourth-order valence-electron chi connectivity index (χ4n) is 6.48. The Morgan fingerprint density at radius 3 is 2.70 bits per heavy atom. The molecule has 7 rings (SSSR count). The van der Waals surface area contributed by atoms with E-state index in [1.54, 1.807) is 12.3 Å². The topological polar surface area (TPSA) is 139 Å². The average molecular weight is 677 g/mol. The molecule has 1 atom stereocenters. The maximum absolute atomic E-state index is 17.1. The largest absolute Gasteiger partial charge is 0.489 e. The summed E-state index contributed by atoms with van der Waals surface area (Å²) in [6.45, 7) is 3.64. The number of aromatic nitrogens is 3. The Morgan fingerprint density at radius 2 is 2.00 bits per heavy atom. The van der Waals surface area contributed by atoms with Crippen molar-refractivity contribution in [1.29, 1.82) is 5.26 Å². The van der Waals surface area contributed by atoms with Crippen molar-refractivity contribution < 1.29 is 18.3 Å². The molecule has 1 aliphatic heterocycles. The predicted molar refractivity (Wildman–Crippen MR) is 180 cm³/mol. The normalized spacial score (nSPS) is 15.8. The van der Waals surface area contributed by atoms with Crippen LogP contribution in [0.25, 0.3) is 32.1 Å². The third-order valence-corrected chi connectivity index (χ3v) is 10.3. The summed E-state index contributed by atoms with van der Waals surface area (Å²) < 4.78 is 44.7. The number of pyridine rings is 1. The highest BCUT2D eigenvalue weighted by atomic mass is 35.5. The molecule has 0 radical (unpaired) electrons. The van der Waals surface area contributed by atoms with E-state index in [4.69, 9.17) is 37.5 Å². The Hall–Kier alpha value is -4.51. The maximum atomic E-state index is 17.1. The van der Waals surface area contributed by atoms with Crippen molar-refractivity contribution in [3.63, 3.8) is 0 Å². The first kappa shape index (κ1) is 31.1. The third kappa shape index (κ3) is 5.21. The highest BCUT2D eigenvalue weighted by Gasteiger charge is 2.44. The number of ether oxygens (including phenoxy) is 2. The molecule has 5 aromatic rings. The van der Waals surface area contributed by atoms with E-state index in [2.05, 4.69) is 14.9 Å². The number of halogens is 3. The van der Waals surface area contributed by atoms with E-state index in [1.165, 1.54) is 12.1 Å². The van der Waals surface area contributed by atoms with Gasteiger partial charge in [0, 0.05) is 34.7 Å². The molecular formula is C33H31ClF2N8O2S. The zero-order chi connectivity index (χ0) is 33.2. The van der Waals surface area contributed by atoms with Gasteiger partial charge in [0.2, 0.25) is 0 Å². The van der Waals surface area contributed by atoms with E-state index in [9.17, 15) is 9.65 Å². The fraction of sp³-hybridized carbons (Fsp3) is 0.333. The first-order valence-electron chi connectivity index (χ1n) is 15.0. The number of nitrogens with two attached hydrogens (primary N) is 2. The zero-order valence-corrected chi connectivity index (χ0v) is 27.5. The smallest absolute Gasteiger partial charge is 0.319 e. The number of fused-ring (bicyclic) bond motifs is 1. The summed E-state index contributed by atoms with van der Waals surface area (Å²) in [7, 11) is 4.02. The molecule has 0 bridgehead atoms. The molecule has 0 spiro atoms. The van der Waals surface area contributed by atoms with Crippen LogP contribution in [-0.4, -0.2) is 60.3 Å². The number of nitrogens with zero attached hydrogens (tertiary/aromatic N) is 6. The average Bonchev–Trinajstić information content (AvgIpc) is 3.75. The number of anilines is 3. The number of hydrogen-bond acceptors (Lipinski definition) is 11. The fourth-order valence-corrected chi connectivity index (χ4v) is 7.76. The molecule has 4 heterocycles. The van der Waals surface area contributed by atoms with E-state index in [-0.39, 0.29) is 77.5 Å². The summed E-state index contributed by atoms with van der Waals surface area (Å²) in [5.41, 5.74) is 13.1. The summed E-state index contributed by atoms with van der Waals surface area (Å²) in [6.07, 6.45) is 3.60. The van der Waals surface area contributed by atoms with Crippen LogP contribution in [0.15, 0.2) is 30.5 Å². The number of benzene rings is 2. The van der Waals surface area contributed by atoms with Crippen molar-refractivity contribution >= 4 is 60.6 Å². The van der Waals surface area contributed by atoms with Crippen molar-refractivity contribution in [3.8, 4) is 29.0 Å². The van der Waals surface area contributed by atoms with Crippen LogP contribution in [0.4, 0.5) is 25.4 Å². The first-order chi connectivity index (χ1) is 22.5. The molecule has 0 saturated heterocycles. The Kier molecular flexibility index (Phi) is 7.69. The van der Waals surface area contributed by atoms with Gasteiger partial charge in [-0.2, -0.15) is 15.2 Å². The lowest BCUT2D eigenvalue weighted by atomic mass is 9.96. The second kappa shape index (κ2) is 11.6. The van der Waals surface area contributed by atoms with Gasteiger partial charge in [-0.15, -0.1) is 11.3 Å². The van der Waals surface area contributed by atoms with E-state index in [0.29, 0.717) is 24.8 Å². The van der Waals surface area contributed by atoms with E-state index >= 15 is 4.39 Å². The van der Waals surface area contributed by atoms with Gasteiger partial charge in [-0.1, -0.05) is 23.7 Å². The maximum Gasteiger partial charge on any atom is 0.319 e. The van der Waals surface area contributed by atoms with Gasteiger partial charge in [-0.25, -0.2) is 13.8 Å². The van der Waals surface area contributed by atoms with Crippen LogP contribution in [0.2, 0.25) is 5.02 Å². The van der Waals surface area contributed by atoms with Gasteiger partial charge in [0.1, 0.15) is 40.6 Å². The zero-order valence-electron chi connectivity index (χ0n) is 25.9. The molecule has 1 saturated carbocycles. The Morgan fingerprint density at radius 1 is 1.21 bits per heavy atom. The first-order valence-corrected chi connectivity index (χ1v) is 16.2. The van der Waals surface area contributed by atoms with Crippen LogP contribution < -0.4 is 25.8 Å². The minimum Gasteiger partial charge on any atom is -0.489 e. The molecular weight excluding hydrogens is 646 g/mol. The number of rotatable bonds is 8. The summed E-state index contributed by atoms with van der Waals surface area (Å²) in [6, 6.07) is 7.96. The molecule has 14 heteroatoms. The highest BCUT2D eigenvalue weighted by Crippen LogP contribution is 2.52. The molecule has 10 nitrogen and oxygen atoms in total. The lowest BCUT2D eigenvalue weighted by molar-refractivity contribution is 0.183. The van der Waals surface area contributed by atoms with E-state index in [1.807, 2.05) is 38.1 Å². The molecule has 2 aromatic carbocycles. The van der Waals surface area contributed by atoms with Crippen LogP contribution in [0.1, 0.15) is 36.9 Å². The predicted octanol–water partition coefficient (Wildman–Crippen LogP) is 6.55. The highest BCUT2D eigenvalue weighted by molar-refractivity contribution is 7.23. The van der Waals surface area contributed by atoms with Crippen LogP contribution in [-0.2, 0) is 0 Å². The van der Waals surface area contributed by atoms with Crippen LogP contribution in [0.3, 0.4) is 0 Å². The van der Waals surface area contributed by atoms with Crippen molar-refractivity contribution in [2.24, 2.45) is 5.41 Å². The Bertz CT molecular complexity index is 2110. The minimum atomic E-state index is -0.794. The van der Waals surface area contributed by atoms with Gasteiger partial charge >= 0.3 is 6.01 Å². The van der Waals surface area contributed by atoms with Crippen LogP contribution in [0.5, 0.6) is 11.8 Å². The van der Waals surface area contributed by atoms with E-state index < -0.39 is 11.6 Å². The second-order valence-corrected chi connectivity index (χ2v) is 13.8. The summed E-state index contributed by atoms with van der Waals surface area (Å²) in [5, 5.41) is 10.4. The van der Waals surface area contributed by atoms with Gasteiger partial charge in [-0.3, -0.25) is 0 Å². The quantitative estimate of drug-likeness (QED) is 0.186. The van der Waals surface area contributed by atoms with Crippen molar-refractivity contribution in [3.05, 3.63) is 58.2 Å². The summed E-state index contributed by atoms with van der Waals surface area (Å²) in [5.74, 6) is -0.495. The number of hydrogen-bond donors (Lipinski definition) is 2. The molecule has 1 aliphatic carbocycles. The molecule has 47 heavy (non-hydrogen) atoms. The summed E-state index contributed by atoms with van der Waals surface area (Å²) in [4.78, 5) is 17.8. The van der Waals surface area contributed by atoms with Crippen LogP contribution in [0, 0.1) is 28.4 Å². The third-order valence-electron chi connectivity index (χ3n) is 8.90. The van der Waals surface area contributed by atoms with Crippen LogP contribution >= 0.6 is 22.9 Å². The number of nitriles is 1. The van der Waals surface area contributed by atoms with Gasteiger partial charge < -0.3 is 30.7 Å². The monoisotopic (exact) mass is 676 g/mol. The molecule has 0 unspecified atom stereocenters. The Balaban J connectivity index is 1.47. The number of nitrogen functional groups attached to an aromatic ring is 2. The molecule has 0 amide bonds. The molecule has 2 aliphatic rings. The van der Waals surface area contributed by atoms with Gasteiger partial charge in [0.15, 0.2) is 11.6 Å². The van der Waals surface area contributed by atoms with Gasteiger partial charge in [0.05, 0.1) is 39.9 Å². The van der Waals surface area contributed by atoms with Crippen molar-refractivity contribution in [1.82, 2.24) is 19.9 Å². The van der Waals surface area contributed by atoms with Gasteiger partial charge in [0.25, 0.3) is 0 Å². The molecule has 1 fully saturated rings. The Labute approximate surface area is 278 Å². The van der Waals surface area contributed by atoms with Crippen molar-refractivity contribution in [2.75, 3.05) is 56.8 Å². The number of thiophene rings is 1. The SMILES string of the molecule is C[C@H](c1cccnc1N)N1CCOc2c(Cl)c(-c3ccc(F)c4sc(N)c(C#N)c34)c(F)c3nc(OCC4(CN(C)C)CC4)nc1c23. The molecule has 4 N–H and O–H groups in total. The molecule has 3 aromatic heterocycles. The standard InChI is InChI=1S/C33H31ClF2N8O2S/c1-16(17-5-4-10-40-29(17)38)44-11-12-45-27-23-26(41-32(42-31(23)44)46-15-33(8-9-33)14-43(2)3)25(36)22(24(27)34)18-6-7-20(35)28-21(18)19(13-37)30(39)47-28/h4-7,10,16H,8-9,11-12,14-15,39H2,1-3H3,(H2,38,40)/t16-/m1/s1. The lowest BCUT2D eigenvalue weighted by Crippen LogP contribution is -2.32.